The summed E-state index contributed by atoms with van der Waals surface area (Å²) in [6.45, 7) is 0. The fourth-order valence-corrected chi connectivity index (χ4v) is 4.48. The molecule has 0 saturated heterocycles. The van der Waals surface area contributed by atoms with Gasteiger partial charge in [-0.05, 0) is 36.3 Å². The standard InChI is InChI=1S/C14H18OS/c15-14-11-6-2-1-5-10(11)9-16-13-8-4-3-7-12(13)14/h3-4,7-8,10-11,14-15H,1-2,5-6,9H2/t10-,11-,14-/m0/s1. The molecule has 0 radical (unpaired) electrons. The number of thioether (sulfide) groups is 1. The van der Waals surface area contributed by atoms with Gasteiger partial charge in [-0.15, -0.1) is 11.8 Å². The number of hydrogen-bond acceptors (Lipinski definition) is 2. The second-order valence-electron chi connectivity index (χ2n) is 5.00. The molecule has 86 valence electrons. The molecular formula is C14H18OS. The van der Waals surface area contributed by atoms with Gasteiger partial charge in [0.25, 0.3) is 0 Å². The first-order valence-electron chi connectivity index (χ1n) is 6.26. The minimum absolute atomic E-state index is 0.225. The second kappa shape index (κ2) is 4.42. The highest BCUT2D eigenvalue weighted by molar-refractivity contribution is 7.99. The average molecular weight is 234 g/mol. The average Bonchev–Trinajstić information content (AvgIpc) is 2.49. The molecule has 3 rings (SSSR count). The van der Waals surface area contributed by atoms with Crippen LogP contribution in [0.25, 0.3) is 0 Å². The molecule has 2 aliphatic rings. The first-order valence-corrected chi connectivity index (χ1v) is 7.24. The van der Waals surface area contributed by atoms with E-state index in [4.69, 9.17) is 0 Å². The molecule has 3 atom stereocenters. The van der Waals surface area contributed by atoms with E-state index < -0.39 is 0 Å². The fourth-order valence-electron chi connectivity index (χ4n) is 3.14. The van der Waals surface area contributed by atoms with Crippen molar-refractivity contribution < 1.29 is 5.11 Å². The highest BCUT2D eigenvalue weighted by Gasteiger charge is 2.34. The lowest BCUT2D eigenvalue weighted by molar-refractivity contribution is 0.0543. The molecule has 1 aliphatic carbocycles. The minimum atomic E-state index is -0.225. The van der Waals surface area contributed by atoms with Crippen molar-refractivity contribution in [1.29, 1.82) is 0 Å². The number of hydrogen-bond donors (Lipinski definition) is 1. The van der Waals surface area contributed by atoms with E-state index in [1.807, 2.05) is 17.8 Å². The summed E-state index contributed by atoms with van der Waals surface area (Å²) in [5.74, 6) is 2.42. The van der Waals surface area contributed by atoms with Crippen molar-refractivity contribution in [2.75, 3.05) is 5.75 Å². The zero-order chi connectivity index (χ0) is 11.0. The first kappa shape index (κ1) is 10.7. The molecule has 2 heteroatoms. The Morgan fingerprint density at radius 2 is 1.94 bits per heavy atom. The van der Waals surface area contributed by atoms with Crippen LogP contribution in [0.3, 0.4) is 0 Å². The monoisotopic (exact) mass is 234 g/mol. The van der Waals surface area contributed by atoms with Gasteiger partial charge in [-0.2, -0.15) is 0 Å². The van der Waals surface area contributed by atoms with Crippen LogP contribution >= 0.6 is 11.8 Å². The Morgan fingerprint density at radius 1 is 1.12 bits per heavy atom. The molecule has 1 aromatic carbocycles. The molecule has 0 amide bonds. The van der Waals surface area contributed by atoms with Crippen molar-refractivity contribution in [2.45, 2.75) is 36.7 Å². The summed E-state index contributed by atoms with van der Waals surface area (Å²) in [4.78, 5) is 1.30. The van der Waals surface area contributed by atoms with Gasteiger partial charge in [-0.3, -0.25) is 0 Å². The number of fused-ring (bicyclic) bond motifs is 2. The maximum Gasteiger partial charge on any atom is 0.0831 e. The largest absolute Gasteiger partial charge is 0.388 e. The SMILES string of the molecule is O[C@@H]1c2ccccc2SC[C@@H]2CCCC[C@@H]21. The lowest BCUT2D eigenvalue weighted by Gasteiger charge is -2.32. The third kappa shape index (κ3) is 1.78. The van der Waals surface area contributed by atoms with Crippen LogP contribution in [0.1, 0.15) is 37.4 Å². The van der Waals surface area contributed by atoms with Gasteiger partial charge in [-0.25, -0.2) is 0 Å². The Hall–Kier alpha value is -0.470. The molecule has 16 heavy (non-hydrogen) atoms. The maximum absolute atomic E-state index is 10.5. The van der Waals surface area contributed by atoms with Crippen LogP contribution in [-0.2, 0) is 0 Å². The first-order chi connectivity index (χ1) is 7.86. The maximum atomic E-state index is 10.5. The fraction of sp³-hybridized carbons (Fsp3) is 0.571. The van der Waals surface area contributed by atoms with E-state index in [1.54, 1.807) is 0 Å². The molecule has 1 heterocycles. The predicted molar refractivity (Wildman–Crippen MR) is 67.6 cm³/mol. The number of aliphatic hydroxyl groups is 1. The van der Waals surface area contributed by atoms with Crippen LogP contribution in [0.5, 0.6) is 0 Å². The summed E-state index contributed by atoms with van der Waals surface area (Å²) in [5, 5.41) is 10.5. The van der Waals surface area contributed by atoms with E-state index >= 15 is 0 Å². The van der Waals surface area contributed by atoms with E-state index in [9.17, 15) is 5.11 Å². The molecule has 0 aromatic heterocycles. The van der Waals surface area contributed by atoms with E-state index in [0.29, 0.717) is 5.92 Å². The Morgan fingerprint density at radius 3 is 2.88 bits per heavy atom. The van der Waals surface area contributed by atoms with E-state index in [2.05, 4.69) is 18.2 Å². The second-order valence-corrected chi connectivity index (χ2v) is 6.06. The molecule has 1 nitrogen and oxygen atoms in total. The molecule has 0 unspecified atom stereocenters. The molecule has 0 bridgehead atoms. The topological polar surface area (TPSA) is 20.2 Å². The summed E-state index contributed by atoms with van der Waals surface area (Å²) in [7, 11) is 0. The molecule has 1 N–H and O–H groups in total. The van der Waals surface area contributed by atoms with E-state index in [1.165, 1.54) is 41.9 Å². The van der Waals surface area contributed by atoms with Gasteiger partial charge < -0.3 is 5.11 Å². The third-order valence-corrected chi connectivity index (χ3v) is 5.34. The van der Waals surface area contributed by atoms with Gasteiger partial charge in [0.15, 0.2) is 0 Å². The predicted octanol–water partition coefficient (Wildman–Crippen LogP) is 3.63. The Kier molecular flexibility index (Phi) is 2.95. The van der Waals surface area contributed by atoms with Gasteiger partial charge in [0.2, 0.25) is 0 Å². The number of benzene rings is 1. The van der Waals surface area contributed by atoms with Crippen molar-refractivity contribution >= 4 is 11.8 Å². The summed E-state index contributed by atoms with van der Waals surface area (Å²) in [6.07, 6.45) is 4.94. The Labute approximate surface area is 101 Å². The van der Waals surface area contributed by atoms with Gasteiger partial charge in [-0.1, -0.05) is 31.0 Å². The van der Waals surface area contributed by atoms with Crippen molar-refractivity contribution in [2.24, 2.45) is 11.8 Å². The summed E-state index contributed by atoms with van der Waals surface area (Å²) in [5.41, 5.74) is 1.17. The van der Waals surface area contributed by atoms with Crippen LogP contribution in [0.4, 0.5) is 0 Å². The Bertz CT molecular complexity index is 377. The van der Waals surface area contributed by atoms with Crippen molar-refractivity contribution in [3.63, 3.8) is 0 Å². The van der Waals surface area contributed by atoms with Gasteiger partial charge in [0.05, 0.1) is 6.10 Å². The lowest BCUT2D eigenvalue weighted by Crippen LogP contribution is -2.25. The molecule has 1 aromatic rings. The number of aliphatic hydroxyl groups excluding tert-OH is 1. The van der Waals surface area contributed by atoms with Crippen molar-refractivity contribution in [3.8, 4) is 0 Å². The molecule has 1 aliphatic heterocycles. The van der Waals surface area contributed by atoms with E-state index in [0.717, 1.165) is 5.92 Å². The highest BCUT2D eigenvalue weighted by atomic mass is 32.2. The normalized spacial score (nSPS) is 33.7. The van der Waals surface area contributed by atoms with Crippen molar-refractivity contribution in [1.82, 2.24) is 0 Å². The zero-order valence-electron chi connectivity index (χ0n) is 9.43. The van der Waals surface area contributed by atoms with Gasteiger partial charge >= 0.3 is 0 Å². The third-order valence-electron chi connectivity index (χ3n) is 4.06. The van der Waals surface area contributed by atoms with Crippen LogP contribution in [-0.4, -0.2) is 10.9 Å². The van der Waals surface area contributed by atoms with Crippen LogP contribution in [0, 0.1) is 11.8 Å². The Balaban J connectivity index is 1.96. The molecule has 1 fully saturated rings. The summed E-state index contributed by atoms with van der Waals surface area (Å²) < 4.78 is 0. The molecular weight excluding hydrogens is 216 g/mol. The summed E-state index contributed by atoms with van der Waals surface area (Å²) >= 11 is 1.94. The van der Waals surface area contributed by atoms with Crippen LogP contribution < -0.4 is 0 Å². The van der Waals surface area contributed by atoms with Gasteiger partial charge in [0, 0.05) is 10.6 Å². The van der Waals surface area contributed by atoms with Crippen LogP contribution in [0.2, 0.25) is 0 Å². The quantitative estimate of drug-likeness (QED) is 0.739. The number of rotatable bonds is 0. The lowest BCUT2D eigenvalue weighted by atomic mass is 9.75. The highest BCUT2D eigenvalue weighted by Crippen LogP contribution is 2.46. The van der Waals surface area contributed by atoms with E-state index in [-0.39, 0.29) is 6.10 Å². The molecule has 0 spiro atoms. The van der Waals surface area contributed by atoms with Gasteiger partial charge in [0.1, 0.15) is 0 Å². The molecule has 1 saturated carbocycles. The summed E-state index contributed by atoms with van der Waals surface area (Å²) in [6, 6.07) is 8.38. The minimum Gasteiger partial charge on any atom is -0.388 e. The van der Waals surface area contributed by atoms with Crippen molar-refractivity contribution in [3.05, 3.63) is 29.8 Å². The van der Waals surface area contributed by atoms with Crippen LogP contribution in [0.15, 0.2) is 29.2 Å². The zero-order valence-corrected chi connectivity index (χ0v) is 10.2. The smallest absolute Gasteiger partial charge is 0.0831 e.